The summed E-state index contributed by atoms with van der Waals surface area (Å²) in [4.78, 5) is 12.0. The molecule has 0 aliphatic rings. The van der Waals surface area contributed by atoms with Crippen molar-refractivity contribution >= 4 is 40.8 Å². The number of hydrogen-bond acceptors (Lipinski definition) is 2. The maximum absolute atomic E-state index is 12.0. The lowest BCUT2D eigenvalue weighted by molar-refractivity contribution is 0.0734. The zero-order valence-electron chi connectivity index (χ0n) is 11.3. The van der Waals surface area contributed by atoms with E-state index in [1.807, 2.05) is 19.1 Å². The summed E-state index contributed by atoms with van der Waals surface area (Å²) in [5.41, 5.74) is 2.29. The van der Waals surface area contributed by atoms with Gasteiger partial charge in [-0.25, -0.2) is 4.79 Å². The molecule has 21 heavy (non-hydrogen) atoms. The first-order valence-electron chi connectivity index (χ1n) is 6.29. The van der Waals surface area contributed by atoms with Crippen LogP contribution >= 0.6 is 34.8 Å². The number of carbonyl (C=O) groups excluding carboxylic acids is 1. The second-order valence-electron chi connectivity index (χ2n) is 4.64. The van der Waals surface area contributed by atoms with Crippen molar-refractivity contribution in [2.24, 2.45) is 0 Å². The lowest BCUT2D eigenvalue weighted by Crippen LogP contribution is -2.11. The number of alkyl halides is 3. The van der Waals surface area contributed by atoms with Gasteiger partial charge in [0.25, 0.3) is 0 Å². The minimum atomic E-state index is -1.38. The van der Waals surface area contributed by atoms with Crippen molar-refractivity contribution in [3.63, 3.8) is 0 Å². The molecular formula is C16H13Cl3O2. The van der Waals surface area contributed by atoms with Crippen LogP contribution in [0.2, 0.25) is 0 Å². The molecule has 0 N–H and O–H groups in total. The Morgan fingerprint density at radius 1 is 1.10 bits per heavy atom. The summed E-state index contributed by atoms with van der Waals surface area (Å²) in [6.45, 7) is 1.91. The third-order valence-electron chi connectivity index (χ3n) is 2.93. The molecule has 5 heteroatoms. The van der Waals surface area contributed by atoms with E-state index in [1.165, 1.54) is 0 Å². The Hall–Kier alpha value is -1.22. The highest BCUT2D eigenvalue weighted by molar-refractivity contribution is 6.67. The summed E-state index contributed by atoms with van der Waals surface area (Å²) in [7, 11) is 0. The van der Waals surface area contributed by atoms with Crippen LogP contribution in [-0.4, -0.2) is 9.76 Å². The average molecular weight is 344 g/mol. The second-order valence-corrected chi connectivity index (χ2v) is 7.15. The van der Waals surface area contributed by atoms with Gasteiger partial charge < -0.3 is 4.74 Å². The molecular weight excluding hydrogens is 331 g/mol. The first-order valence-corrected chi connectivity index (χ1v) is 7.42. The molecule has 0 amide bonds. The fourth-order valence-electron chi connectivity index (χ4n) is 1.86. The van der Waals surface area contributed by atoms with E-state index in [9.17, 15) is 4.79 Å². The summed E-state index contributed by atoms with van der Waals surface area (Å²) >= 11 is 17.5. The van der Waals surface area contributed by atoms with Crippen LogP contribution in [0.25, 0.3) is 0 Å². The van der Waals surface area contributed by atoms with E-state index >= 15 is 0 Å². The summed E-state index contributed by atoms with van der Waals surface area (Å²) in [5, 5.41) is 0. The van der Waals surface area contributed by atoms with Crippen LogP contribution in [0.4, 0.5) is 0 Å². The molecule has 0 atom stereocenters. The number of rotatable bonds is 3. The smallest absolute Gasteiger partial charge is 0.343 e. The first-order chi connectivity index (χ1) is 9.85. The lowest BCUT2D eigenvalue weighted by atomic mass is 10.1. The highest BCUT2D eigenvalue weighted by Crippen LogP contribution is 2.32. The average Bonchev–Trinajstić information content (AvgIpc) is 2.42. The van der Waals surface area contributed by atoms with Crippen LogP contribution in [0.5, 0.6) is 5.75 Å². The monoisotopic (exact) mass is 342 g/mol. The highest BCUT2D eigenvalue weighted by Gasteiger charge is 2.21. The van der Waals surface area contributed by atoms with Gasteiger partial charge in [-0.2, -0.15) is 0 Å². The Labute approximate surface area is 138 Å². The Balaban J connectivity index is 2.18. The van der Waals surface area contributed by atoms with Gasteiger partial charge in [0.2, 0.25) is 0 Å². The maximum atomic E-state index is 12.0. The lowest BCUT2D eigenvalue weighted by Gasteiger charge is -2.14. The molecule has 0 heterocycles. The van der Waals surface area contributed by atoms with E-state index in [0.717, 1.165) is 11.1 Å². The van der Waals surface area contributed by atoms with Gasteiger partial charge in [-0.1, -0.05) is 59.1 Å². The summed E-state index contributed by atoms with van der Waals surface area (Å²) in [5.74, 6) is 0.0120. The van der Waals surface area contributed by atoms with Gasteiger partial charge in [0, 0.05) is 6.42 Å². The topological polar surface area (TPSA) is 26.3 Å². The van der Waals surface area contributed by atoms with Gasteiger partial charge in [-0.05, 0) is 42.3 Å². The molecule has 2 rings (SSSR count). The summed E-state index contributed by atoms with van der Waals surface area (Å²) in [6, 6.07) is 14.1. The second kappa shape index (κ2) is 6.69. The zero-order chi connectivity index (χ0) is 15.5. The molecule has 110 valence electrons. The molecule has 0 saturated carbocycles. The van der Waals surface area contributed by atoms with E-state index < -0.39 is 9.76 Å². The molecule has 0 unspecified atom stereocenters. The number of carbonyl (C=O) groups is 1. The number of esters is 1. The SMILES string of the molecule is Cc1ccc(OC(=O)c2ccccc2)cc1CC(Cl)(Cl)Cl. The Morgan fingerprint density at radius 2 is 1.76 bits per heavy atom. The molecule has 0 radical (unpaired) electrons. The van der Waals surface area contributed by atoms with Gasteiger partial charge in [-0.15, -0.1) is 0 Å². The minimum absolute atomic E-state index is 0.250. The highest BCUT2D eigenvalue weighted by atomic mass is 35.6. The van der Waals surface area contributed by atoms with Crippen LogP contribution < -0.4 is 4.74 Å². The maximum Gasteiger partial charge on any atom is 0.343 e. The van der Waals surface area contributed by atoms with Crippen LogP contribution in [0.3, 0.4) is 0 Å². The molecule has 2 nitrogen and oxygen atoms in total. The van der Waals surface area contributed by atoms with E-state index in [2.05, 4.69) is 0 Å². The van der Waals surface area contributed by atoms with Crippen molar-refractivity contribution < 1.29 is 9.53 Å². The van der Waals surface area contributed by atoms with E-state index in [-0.39, 0.29) is 6.42 Å². The van der Waals surface area contributed by atoms with Crippen molar-refractivity contribution in [2.75, 3.05) is 0 Å². The standard InChI is InChI=1S/C16H13Cl3O2/c1-11-7-8-14(9-13(11)10-16(17,18)19)21-15(20)12-5-3-2-4-6-12/h2-9H,10H2,1H3. The Bertz CT molecular complexity index is 634. The number of hydrogen-bond donors (Lipinski definition) is 0. The van der Waals surface area contributed by atoms with Gasteiger partial charge in [0.1, 0.15) is 5.75 Å². The first kappa shape index (κ1) is 16.2. The van der Waals surface area contributed by atoms with Crippen molar-refractivity contribution in [3.8, 4) is 5.75 Å². The zero-order valence-corrected chi connectivity index (χ0v) is 13.5. The normalized spacial score (nSPS) is 11.2. The van der Waals surface area contributed by atoms with Crippen molar-refractivity contribution in [2.45, 2.75) is 17.1 Å². The predicted octanol–water partition coefficient (Wildman–Crippen LogP) is 5.13. The Morgan fingerprint density at radius 3 is 2.38 bits per heavy atom. The number of ether oxygens (including phenoxy) is 1. The van der Waals surface area contributed by atoms with Gasteiger partial charge in [-0.3, -0.25) is 0 Å². The molecule has 0 aliphatic heterocycles. The molecule has 0 saturated heterocycles. The van der Waals surface area contributed by atoms with Crippen molar-refractivity contribution in [1.82, 2.24) is 0 Å². The third kappa shape index (κ3) is 4.92. The summed E-state index contributed by atoms with van der Waals surface area (Å²) in [6.07, 6.45) is 0.250. The van der Waals surface area contributed by atoms with Gasteiger partial charge >= 0.3 is 5.97 Å². The summed E-state index contributed by atoms with van der Waals surface area (Å²) < 4.78 is 3.96. The molecule has 0 bridgehead atoms. The minimum Gasteiger partial charge on any atom is -0.423 e. The molecule has 0 aromatic heterocycles. The molecule has 2 aromatic carbocycles. The third-order valence-corrected chi connectivity index (χ3v) is 3.33. The van der Waals surface area contributed by atoms with E-state index in [0.29, 0.717) is 11.3 Å². The Kier molecular flexibility index (Phi) is 5.15. The van der Waals surface area contributed by atoms with Gasteiger partial charge in [0.15, 0.2) is 3.79 Å². The largest absolute Gasteiger partial charge is 0.423 e. The number of aryl methyl sites for hydroxylation is 1. The number of benzene rings is 2. The molecule has 0 fully saturated rings. The molecule has 0 spiro atoms. The number of halogens is 3. The van der Waals surface area contributed by atoms with Crippen LogP contribution in [0.1, 0.15) is 21.5 Å². The molecule has 0 aliphatic carbocycles. The van der Waals surface area contributed by atoms with Crippen LogP contribution in [0.15, 0.2) is 48.5 Å². The quantitative estimate of drug-likeness (QED) is 0.439. The fourth-order valence-corrected chi connectivity index (χ4v) is 2.29. The fraction of sp³-hybridized carbons (Fsp3) is 0.188. The van der Waals surface area contributed by atoms with Crippen LogP contribution in [0, 0.1) is 6.92 Å². The molecule has 2 aromatic rings. The van der Waals surface area contributed by atoms with E-state index in [1.54, 1.807) is 36.4 Å². The van der Waals surface area contributed by atoms with Crippen molar-refractivity contribution in [1.29, 1.82) is 0 Å². The van der Waals surface area contributed by atoms with E-state index in [4.69, 9.17) is 39.5 Å². The predicted molar refractivity (Wildman–Crippen MR) is 86.6 cm³/mol. The van der Waals surface area contributed by atoms with Gasteiger partial charge in [0.05, 0.1) is 5.56 Å². The van der Waals surface area contributed by atoms with Crippen LogP contribution in [-0.2, 0) is 6.42 Å². The van der Waals surface area contributed by atoms with Crippen molar-refractivity contribution in [3.05, 3.63) is 65.2 Å².